The number of hydrogen-bond donors (Lipinski definition) is 2. The second-order valence-corrected chi connectivity index (χ2v) is 10.4. The summed E-state index contributed by atoms with van der Waals surface area (Å²) < 4.78 is 21.2. The molecule has 0 bridgehead atoms. The van der Waals surface area contributed by atoms with Gasteiger partial charge in [-0.3, -0.25) is 9.59 Å². The van der Waals surface area contributed by atoms with Gasteiger partial charge in [0.2, 0.25) is 17.7 Å². The van der Waals surface area contributed by atoms with E-state index in [1.165, 1.54) is 18.4 Å². The van der Waals surface area contributed by atoms with E-state index in [9.17, 15) is 14.4 Å². The highest BCUT2D eigenvalue weighted by Gasteiger charge is 2.26. The molecule has 13 heteroatoms. The maximum atomic E-state index is 12.9. The number of esters is 1. The van der Waals surface area contributed by atoms with Gasteiger partial charge in [0.15, 0.2) is 11.4 Å². The second-order valence-electron chi connectivity index (χ2n) is 9.52. The third kappa shape index (κ3) is 7.44. The maximum Gasteiger partial charge on any atom is 0.360 e. The minimum Gasteiger partial charge on any atom is -0.464 e. The molecule has 0 aliphatic heterocycles. The molecule has 0 unspecified atom stereocenters. The van der Waals surface area contributed by atoms with Crippen LogP contribution in [-0.2, 0) is 20.9 Å². The Morgan fingerprint density at radius 1 is 1.05 bits per heavy atom. The Morgan fingerprint density at radius 2 is 1.80 bits per heavy atom. The lowest BCUT2D eigenvalue weighted by Crippen LogP contribution is -2.34. The highest BCUT2D eigenvalue weighted by molar-refractivity contribution is 7.10. The lowest BCUT2D eigenvalue weighted by molar-refractivity contribution is -0.127. The van der Waals surface area contributed by atoms with Crippen LogP contribution in [0.2, 0.25) is 0 Å². The molecule has 1 aromatic carbocycles. The van der Waals surface area contributed by atoms with Crippen molar-refractivity contribution in [1.29, 1.82) is 0 Å². The SMILES string of the molecule is COC(=O)c1coc([C@H](C)NC(=O)c2nc(-c3csc([C@@H](NC(=O)COCc4ccccc4)C(C)C)n3)oc2C)n1. The third-order valence-corrected chi connectivity index (χ3v) is 6.91. The molecule has 216 valence electrons. The molecule has 0 spiro atoms. The number of nitrogens with zero attached hydrogens (tertiary/aromatic N) is 3. The van der Waals surface area contributed by atoms with Gasteiger partial charge >= 0.3 is 5.97 Å². The number of oxazole rings is 2. The number of carbonyl (C=O) groups excluding carboxylic acids is 3. The van der Waals surface area contributed by atoms with E-state index in [0.717, 1.165) is 11.8 Å². The van der Waals surface area contributed by atoms with E-state index in [4.69, 9.17) is 13.6 Å². The van der Waals surface area contributed by atoms with E-state index in [-0.39, 0.29) is 47.6 Å². The predicted octanol–water partition coefficient (Wildman–Crippen LogP) is 4.40. The zero-order chi connectivity index (χ0) is 29.5. The third-order valence-electron chi connectivity index (χ3n) is 5.98. The molecule has 2 N–H and O–H groups in total. The van der Waals surface area contributed by atoms with Crippen molar-refractivity contribution in [1.82, 2.24) is 25.6 Å². The quantitative estimate of drug-likeness (QED) is 0.230. The molecule has 0 aliphatic carbocycles. The first-order chi connectivity index (χ1) is 19.7. The Kier molecular flexibility index (Phi) is 9.63. The van der Waals surface area contributed by atoms with E-state index >= 15 is 0 Å². The topological polar surface area (TPSA) is 159 Å². The van der Waals surface area contributed by atoms with Gasteiger partial charge in [0.05, 0.1) is 19.8 Å². The van der Waals surface area contributed by atoms with Gasteiger partial charge in [-0.2, -0.15) is 0 Å². The van der Waals surface area contributed by atoms with Gasteiger partial charge in [0.25, 0.3) is 5.91 Å². The molecular formula is C28H31N5O7S. The van der Waals surface area contributed by atoms with Crippen LogP contribution in [0.4, 0.5) is 0 Å². The van der Waals surface area contributed by atoms with Crippen LogP contribution in [0.25, 0.3) is 11.6 Å². The number of benzene rings is 1. The normalized spacial score (nSPS) is 12.6. The van der Waals surface area contributed by atoms with Crippen LogP contribution >= 0.6 is 11.3 Å². The summed E-state index contributed by atoms with van der Waals surface area (Å²) in [5, 5.41) is 8.16. The standard InChI is InChI=1S/C28H31N5O7S/c1-15(2)22(32-21(34)13-38-11-18-9-7-6-8-10-18)27-31-20(14-41-27)26-33-23(17(4)40-26)24(35)29-16(3)25-30-19(12-39-25)28(36)37-5/h6-10,12,14-16,22H,11,13H2,1-5H3,(H,29,35)(H,32,34)/t16-,22-/m0/s1. The molecule has 41 heavy (non-hydrogen) atoms. The van der Waals surface area contributed by atoms with Gasteiger partial charge < -0.3 is 28.9 Å². The van der Waals surface area contributed by atoms with E-state index in [1.807, 2.05) is 44.2 Å². The summed E-state index contributed by atoms with van der Waals surface area (Å²) in [7, 11) is 1.24. The first-order valence-corrected chi connectivity index (χ1v) is 13.7. The molecule has 0 saturated heterocycles. The lowest BCUT2D eigenvalue weighted by Gasteiger charge is -2.20. The van der Waals surface area contributed by atoms with Gasteiger partial charge in [-0.1, -0.05) is 44.2 Å². The summed E-state index contributed by atoms with van der Waals surface area (Å²) in [6, 6.07) is 8.62. The van der Waals surface area contributed by atoms with Crippen molar-refractivity contribution < 1.29 is 32.7 Å². The van der Waals surface area contributed by atoms with Crippen LogP contribution in [0.1, 0.15) is 76.1 Å². The van der Waals surface area contributed by atoms with Crippen LogP contribution in [-0.4, -0.2) is 46.5 Å². The van der Waals surface area contributed by atoms with Crippen LogP contribution < -0.4 is 10.6 Å². The van der Waals surface area contributed by atoms with E-state index < -0.39 is 17.9 Å². The molecule has 4 rings (SSSR count). The smallest absolute Gasteiger partial charge is 0.360 e. The van der Waals surface area contributed by atoms with Crippen molar-refractivity contribution in [3.8, 4) is 11.6 Å². The molecule has 3 heterocycles. The maximum absolute atomic E-state index is 12.9. The molecule has 12 nitrogen and oxygen atoms in total. The van der Waals surface area contributed by atoms with Crippen LogP contribution in [0.5, 0.6) is 0 Å². The summed E-state index contributed by atoms with van der Waals surface area (Å²) in [4.78, 5) is 50.2. The van der Waals surface area contributed by atoms with Crippen molar-refractivity contribution in [2.24, 2.45) is 5.92 Å². The average molecular weight is 582 g/mol. The molecule has 2 atom stereocenters. The molecule has 0 aliphatic rings. The molecule has 4 aromatic rings. The zero-order valence-electron chi connectivity index (χ0n) is 23.3. The first kappa shape index (κ1) is 29.6. The Balaban J connectivity index is 1.39. The Morgan fingerprint density at radius 3 is 2.51 bits per heavy atom. The van der Waals surface area contributed by atoms with Gasteiger partial charge in [0.1, 0.15) is 35.4 Å². The number of hydrogen-bond acceptors (Lipinski definition) is 11. The second kappa shape index (κ2) is 13.3. The number of methoxy groups -OCH3 is 1. The van der Waals surface area contributed by atoms with E-state index in [0.29, 0.717) is 23.1 Å². The fourth-order valence-electron chi connectivity index (χ4n) is 3.82. The zero-order valence-corrected chi connectivity index (χ0v) is 24.1. The number of thiazole rings is 1. The largest absolute Gasteiger partial charge is 0.464 e. The lowest BCUT2D eigenvalue weighted by atomic mass is 10.1. The fraction of sp³-hybridized carbons (Fsp3) is 0.357. The number of amides is 2. The highest BCUT2D eigenvalue weighted by Crippen LogP contribution is 2.30. The van der Waals surface area contributed by atoms with Gasteiger partial charge in [-0.25, -0.2) is 19.7 Å². The summed E-state index contributed by atoms with van der Waals surface area (Å²) in [6.45, 7) is 7.50. The average Bonchev–Trinajstić information content (AvgIpc) is 3.71. The molecule has 2 amide bonds. The molecular weight excluding hydrogens is 550 g/mol. The predicted molar refractivity (Wildman–Crippen MR) is 148 cm³/mol. The summed E-state index contributed by atoms with van der Waals surface area (Å²) >= 11 is 1.36. The van der Waals surface area contributed by atoms with Gasteiger partial charge in [-0.05, 0) is 25.3 Å². The molecule has 0 saturated carbocycles. The van der Waals surface area contributed by atoms with Crippen LogP contribution in [0.15, 0.2) is 50.8 Å². The van der Waals surface area contributed by atoms with Gasteiger partial charge in [-0.15, -0.1) is 11.3 Å². The number of nitrogens with one attached hydrogen (secondary N) is 2. The Bertz CT molecular complexity index is 1490. The van der Waals surface area contributed by atoms with Crippen LogP contribution in [0.3, 0.4) is 0 Å². The molecule has 0 radical (unpaired) electrons. The number of aromatic nitrogens is 3. The summed E-state index contributed by atoms with van der Waals surface area (Å²) in [5.41, 5.74) is 1.50. The van der Waals surface area contributed by atoms with Crippen molar-refractivity contribution >= 4 is 29.1 Å². The first-order valence-electron chi connectivity index (χ1n) is 12.8. The van der Waals surface area contributed by atoms with E-state index in [2.05, 4.69) is 30.3 Å². The minimum absolute atomic E-state index is 0.00144. The number of ether oxygens (including phenoxy) is 2. The van der Waals surface area contributed by atoms with Crippen molar-refractivity contribution in [2.45, 2.75) is 46.4 Å². The summed E-state index contributed by atoms with van der Waals surface area (Å²) in [5.74, 6) is -0.748. The van der Waals surface area contributed by atoms with Crippen molar-refractivity contribution in [2.75, 3.05) is 13.7 Å². The van der Waals surface area contributed by atoms with Gasteiger partial charge in [0, 0.05) is 5.38 Å². The highest BCUT2D eigenvalue weighted by atomic mass is 32.1. The Labute approximate surface area is 240 Å². The van der Waals surface area contributed by atoms with Crippen LogP contribution in [0, 0.1) is 12.8 Å². The van der Waals surface area contributed by atoms with Crippen molar-refractivity contribution in [3.05, 3.63) is 75.6 Å². The Hall–Kier alpha value is -4.36. The fourth-order valence-corrected chi connectivity index (χ4v) is 4.84. The number of carbonyl (C=O) groups is 3. The monoisotopic (exact) mass is 581 g/mol. The minimum atomic E-state index is -0.654. The molecule has 3 aromatic heterocycles. The van der Waals surface area contributed by atoms with E-state index in [1.54, 1.807) is 19.2 Å². The molecule has 0 fully saturated rings. The number of aryl methyl sites for hydroxylation is 1. The summed E-state index contributed by atoms with van der Waals surface area (Å²) in [6.07, 6.45) is 1.16. The number of rotatable bonds is 12. The van der Waals surface area contributed by atoms with Crippen molar-refractivity contribution in [3.63, 3.8) is 0 Å².